The molecule has 0 radical (unpaired) electrons. The summed E-state index contributed by atoms with van der Waals surface area (Å²) in [5.41, 5.74) is 0. The van der Waals surface area contributed by atoms with Gasteiger partial charge >= 0.3 is 0 Å². The van der Waals surface area contributed by atoms with E-state index in [2.05, 4.69) is 0 Å². The van der Waals surface area contributed by atoms with Gasteiger partial charge in [0.25, 0.3) is 0 Å². The number of likely N-dealkylation sites (tertiary alicyclic amines) is 1. The van der Waals surface area contributed by atoms with Crippen LogP contribution in [0.2, 0.25) is 0 Å². The fourth-order valence-corrected chi connectivity index (χ4v) is 1.95. The fourth-order valence-electron chi connectivity index (χ4n) is 1.95. The van der Waals surface area contributed by atoms with Gasteiger partial charge in [0.2, 0.25) is 11.8 Å². The Morgan fingerprint density at radius 1 is 1.54 bits per heavy atom. The molecular formula is C10H13NO2. The van der Waals surface area contributed by atoms with Gasteiger partial charge in [-0.05, 0) is 6.42 Å². The van der Waals surface area contributed by atoms with Crippen LogP contribution in [0.3, 0.4) is 0 Å². The van der Waals surface area contributed by atoms with E-state index in [0.717, 1.165) is 6.42 Å². The summed E-state index contributed by atoms with van der Waals surface area (Å²) in [5.74, 6) is -0.155. The minimum atomic E-state index is -0.0864. The van der Waals surface area contributed by atoms with Crippen LogP contribution in [-0.2, 0) is 9.59 Å². The van der Waals surface area contributed by atoms with Crippen LogP contribution >= 0.6 is 0 Å². The molecule has 70 valence electrons. The van der Waals surface area contributed by atoms with Gasteiger partial charge in [0, 0.05) is 5.92 Å². The molecule has 1 fully saturated rings. The van der Waals surface area contributed by atoms with Crippen LogP contribution in [0.4, 0.5) is 0 Å². The lowest BCUT2D eigenvalue weighted by Crippen LogP contribution is -2.42. The largest absolute Gasteiger partial charge is 0.275 e. The average Bonchev–Trinajstić information content (AvgIpc) is 2.62. The summed E-state index contributed by atoms with van der Waals surface area (Å²) in [4.78, 5) is 24.6. The number of rotatable bonds is 1. The predicted octanol–water partition coefficient (Wildman–Crippen LogP) is 0.956. The molecule has 1 aliphatic heterocycles. The number of carbonyl (C=O) groups is 2. The molecule has 13 heavy (non-hydrogen) atoms. The SMILES string of the molecule is CC(C)C(=O)N1C(=O)C2C=CC1C2. The molecule has 1 aliphatic carbocycles. The molecule has 2 aliphatic rings. The van der Waals surface area contributed by atoms with Gasteiger partial charge < -0.3 is 0 Å². The lowest BCUT2D eigenvalue weighted by atomic mass is 10.1. The Balaban J connectivity index is 2.22. The van der Waals surface area contributed by atoms with E-state index in [0.29, 0.717) is 0 Å². The molecule has 3 nitrogen and oxygen atoms in total. The summed E-state index contributed by atoms with van der Waals surface area (Å²) >= 11 is 0. The molecular weight excluding hydrogens is 166 g/mol. The topological polar surface area (TPSA) is 37.4 Å². The molecule has 2 unspecified atom stereocenters. The highest BCUT2D eigenvalue weighted by Crippen LogP contribution is 2.33. The van der Waals surface area contributed by atoms with Gasteiger partial charge in [0.15, 0.2) is 0 Å². The Hall–Kier alpha value is -1.12. The first kappa shape index (κ1) is 8.48. The van der Waals surface area contributed by atoms with E-state index in [1.165, 1.54) is 4.90 Å². The zero-order valence-electron chi connectivity index (χ0n) is 7.86. The van der Waals surface area contributed by atoms with Crippen molar-refractivity contribution in [1.82, 2.24) is 4.90 Å². The lowest BCUT2D eigenvalue weighted by Gasteiger charge is -2.23. The monoisotopic (exact) mass is 179 g/mol. The normalized spacial score (nSPS) is 30.7. The van der Waals surface area contributed by atoms with Crippen molar-refractivity contribution in [1.29, 1.82) is 0 Å². The molecule has 0 spiro atoms. The molecule has 2 bridgehead atoms. The van der Waals surface area contributed by atoms with Gasteiger partial charge in [-0.2, -0.15) is 0 Å². The lowest BCUT2D eigenvalue weighted by molar-refractivity contribution is -0.146. The number of amides is 2. The van der Waals surface area contributed by atoms with Gasteiger partial charge in [-0.1, -0.05) is 26.0 Å². The maximum Gasteiger partial charge on any atom is 0.236 e. The third-order valence-electron chi connectivity index (χ3n) is 2.68. The summed E-state index contributed by atoms with van der Waals surface area (Å²) in [6, 6.07) is 0.0485. The van der Waals surface area contributed by atoms with Crippen LogP contribution in [-0.4, -0.2) is 22.8 Å². The minimum absolute atomic E-state index is 0.00815. The Morgan fingerprint density at radius 2 is 2.23 bits per heavy atom. The molecule has 2 amide bonds. The van der Waals surface area contributed by atoms with E-state index in [-0.39, 0.29) is 29.7 Å². The Bertz CT molecular complexity index is 293. The van der Waals surface area contributed by atoms with Gasteiger partial charge in [-0.3, -0.25) is 14.5 Å². The highest BCUT2D eigenvalue weighted by Gasteiger charge is 2.44. The number of hydrogen-bond acceptors (Lipinski definition) is 2. The van der Waals surface area contributed by atoms with E-state index in [1.807, 2.05) is 26.0 Å². The average molecular weight is 179 g/mol. The second-order valence-electron chi connectivity index (χ2n) is 4.00. The maximum atomic E-state index is 11.6. The number of carbonyl (C=O) groups excluding carboxylic acids is 2. The standard InChI is InChI=1S/C10H13NO2/c1-6(2)9(12)11-8-4-3-7(5-8)10(11)13/h3-4,6-8H,5H2,1-2H3. The first-order valence-corrected chi connectivity index (χ1v) is 4.66. The van der Waals surface area contributed by atoms with E-state index in [1.54, 1.807) is 0 Å². The Kier molecular flexibility index (Phi) is 1.75. The van der Waals surface area contributed by atoms with E-state index in [4.69, 9.17) is 0 Å². The first-order chi connectivity index (χ1) is 6.11. The predicted molar refractivity (Wildman–Crippen MR) is 47.7 cm³/mol. The second-order valence-corrected chi connectivity index (χ2v) is 4.00. The van der Waals surface area contributed by atoms with Crippen LogP contribution in [0.25, 0.3) is 0 Å². The number of fused-ring (bicyclic) bond motifs is 2. The van der Waals surface area contributed by atoms with Crippen molar-refractivity contribution in [2.75, 3.05) is 0 Å². The smallest absolute Gasteiger partial charge is 0.236 e. The van der Waals surface area contributed by atoms with Crippen molar-refractivity contribution in [2.24, 2.45) is 11.8 Å². The van der Waals surface area contributed by atoms with Crippen molar-refractivity contribution >= 4 is 11.8 Å². The van der Waals surface area contributed by atoms with Crippen LogP contribution < -0.4 is 0 Å². The third-order valence-corrected chi connectivity index (χ3v) is 2.68. The highest BCUT2D eigenvalue weighted by molar-refractivity contribution is 6.01. The first-order valence-electron chi connectivity index (χ1n) is 4.66. The van der Waals surface area contributed by atoms with Crippen LogP contribution in [0.15, 0.2) is 12.2 Å². The van der Waals surface area contributed by atoms with Crippen molar-refractivity contribution in [3.05, 3.63) is 12.2 Å². The zero-order valence-corrected chi connectivity index (χ0v) is 7.86. The summed E-state index contributed by atoms with van der Waals surface area (Å²) in [6.07, 6.45) is 4.68. The van der Waals surface area contributed by atoms with Gasteiger partial charge in [-0.15, -0.1) is 0 Å². The molecule has 1 saturated heterocycles. The number of hydrogen-bond donors (Lipinski definition) is 0. The van der Waals surface area contributed by atoms with E-state index >= 15 is 0 Å². The molecule has 0 saturated carbocycles. The van der Waals surface area contributed by atoms with Crippen molar-refractivity contribution in [2.45, 2.75) is 26.3 Å². The molecule has 2 rings (SSSR count). The molecule has 3 heteroatoms. The van der Waals surface area contributed by atoms with E-state index in [9.17, 15) is 9.59 Å². The Morgan fingerprint density at radius 3 is 2.69 bits per heavy atom. The maximum absolute atomic E-state index is 11.6. The van der Waals surface area contributed by atoms with Crippen molar-refractivity contribution < 1.29 is 9.59 Å². The van der Waals surface area contributed by atoms with Crippen LogP contribution in [0.1, 0.15) is 20.3 Å². The number of imide groups is 1. The van der Waals surface area contributed by atoms with Gasteiger partial charge in [-0.25, -0.2) is 0 Å². The summed E-state index contributed by atoms with van der Waals surface area (Å²) < 4.78 is 0. The fraction of sp³-hybridized carbons (Fsp3) is 0.600. The zero-order chi connectivity index (χ0) is 9.59. The molecule has 0 aromatic heterocycles. The molecule has 0 N–H and O–H groups in total. The second kappa shape index (κ2) is 2.69. The van der Waals surface area contributed by atoms with Crippen molar-refractivity contribution in [3.63, 3.8) is 0 Å². The summed E-state index contributed by atoms with van der Waals surface area (Å²) in [5, 5.41) is 0. The van der Waals surface area contributed by atoms with Gasteiger partial charge in [0.1, 0.15) is 0 Å². The highest BCUT2D eigenvalue weighted by atomic mass is 16.2. The van der Waals surface area contributed by atoms with Gasteiger partial charge in [0.05, 0.1) is 12.0 Å². The van der Waals surface area contributed by atoms with E-state index < -0.39 is 0 Å². The third kappa shape index (κ3) is 1.10. The summed E-state index contributed by atoms with van der Waals surface area (Å²) in [7, 11) is 0. The number of nitrogens with zero attached hydrogens (tertiary/aromatic N) is 1. The molecule has 0 aromatic carbocycles. The Labute approximate surface area is 77.4 Å². The van der Waals surface area contributed by atoms with Crippen molar-refractivity contribution in [3.8, 4) is 0 Å². The van der Waals surface area contributed by atoms with Crippen LogP contribution in [0, 0.1) is 11.8 Å². The molecule has 1 heterocycles. The quantitative estimate of drug-likeness (QED) is 0.562. The minimum Gasteiger partial charge on any atom is -0.275 e. The van der Waals surface area contributed by atoms with Crippen LogP contribution in [0.5, 0.6) is 0 Å². The molecule has 0 aromatic rings. The molecule has 2 atom stereocenters. The summed E-state index contributed by atoms with van der Waals surface area (Å²) in [6.45, 7) is 3.65.